The lowest BCUT2D eigenvalue weighted by Crippen LogP contribution is -2.10. The van der Waals surface area contributed by atoms with Gasteiger partial charge in [0.15, 0.2) is 5.78 Å². The van der Waals surface area contributed by atoms with Gasteiger partial charge in [-0.3, -0.25) is 9.48 Å². The lowest BCUT2D eigenvalue weighted by atomic mass is 10.1. The van der Waals surface area contributed by atoms with E-state index < -0.39 is 0 Å². The zero-order valence-corrected chi connectivity index (χ0v) is 11.6. The van der Waals surface area contributed by atoms with Crippen LogP contribution in [0.15, 0.2) is 24.5 Å². The zero-order valence-electron chi connectivity index (χ0n) is 11.6. The molecule has 1 aliphatic rings. The quantitative estimate of drug-likeness (QED) is 0.801. The highest BCUT2D eigenvalue weighted by atomic mass is 16.1. The van der Waals surface area contributed by atoms with Crippen molar-refractivity contribution in [1.29, 1.82) is 0 Å². The molecule has 104 valence electrons. The van der Waals surface area contributed by atoms with Gasteiger partial charge in [0.1, 0.15) is 11.5 Å². The predicted molar refractivity (Wildman–Crippen MR) is 74.5 cm³/mol. The van der Waals surface area contributed by atoms with E-state index in [4.69, 9.17) is 0 Å². The highest BCUT2D eigenvalue weighted by Crippen LogP contribution is 2.28. The summed E-state index contributed by atoms with van der Waals surface area (Å²) in [4.78, 5) is 20.3. The van der Waals surface area contributed by atoms with Gasteiger partial charge in [-0.1, -0.05) is 12.8 Å². The maximum absolute atomic E-state index is 12.2. The Hall–Kier alpha value is -2.04. The molecule has 0 bridgehead atoms. The molecule has 0 radical (unpaired) electrons. The number of nitrogens with zero attached hydrogens (tertiary/aromatic N) is 4. The van der Waals surface area contributed by atoms with Crippen LogP contribution >= 0.6 is 0 Å². The molecule has 20 heavy (non-hydrogen) atoms. The average molecular weight is 270 g/mol. The molecule has 0 atom stereocenters. The molecular weight excluding hydrogens is 252 g/mol. The molecule has 5 heteroatoms. The molecule has 2 aromatic rings. The van der Waals surface area contributed by atoms with E-state index in [1.165, 1.54) is 25.7 Å². The van der Waals surface area contributed by atoms with Gasteiger partial charge < -0.3 is 0 Å². The summed E-state index contributed by atoms with van der Waals surface area (Å²) in [6, 6.07) is 4.10. The molecule has 1 aliphatic carbocycles. The highest BCUT2D eigenvalue weighted by molar-refractivity contribution is 5.95. The summed E-state index contributed by atoms with van der Waals surface area (Å²) in [7, 11) is 0. The standard InChI is InChI=1S/C15H18N4O/c1-11-16-8-6-14(17-11)15(20)10-12-7-9-19(18-12)13-4-2-3-5-13/h6-9,13H,2-5,10H2,1H3. The van der Waals surface area contributed by atoms with Crippen molar-refractivity contribution < 1.29 is 4.79 Å². The third-order valence-corrected chi connectivity index (χ3v) is 3.77. The van der Waals surface area contributed by atoms with Gasteiger partial charge in [0.2, 0.25) is 0 Å². The minimum absolute atomic E-state index is 0.00725. The SMILES string of the molecule is Cc1nccc(C(=O)Cc2ccn(C3CCCC3)n2)n1. The molecule has 2 aromatic heterocycles. The van der Waals surface area contributed by atoms with Gasteiger partial charge in [-0.15, -0.1) is 0 Å². The van der Waals surface area contributed by atoms with Crippen molar-refractivity contribution in [2.24, 2.45) is 0 Å². The van der Waals surface area contributed by atoms with Gasteiger partial charge in [0.25, 0.3) is 0 Å². The number of rotatable bonds is 4. The molecule has 0 spiro atoms. The van der Waals surface area contributed by atoms with Crippen LogP contribution in [-0.2, 0) is 6.42 Å². The number of carbonyl (C=O) groups is 1. The van der Waals surface area contributed by atoms with Crippen molar-refractivity contribution in [2.75, 3.05) is 0 Å². The first-order chi connectivity index (χ1) is 9.72. The lowest BCUT2D eigenvalue weighted by molar-refractivity contribution is 0.0986. The zero-order chi connectivity index (χ0) is 13.9. The van der Waals surface area contributed by atoms with E-state index in [1.807, 2.05) is 16.9 Å². The van der Waals surface area contributed by atoms with Crippen molar-refractivity contribution in [2.45, 2.75) is 45.1 Å². The Labute approximate surface area is 118 Å². The average Bonchev–Trinajstić information content (AvgIpc) is 3.08. The van der Waals surface area contributed by atoms with E-state index >= 15 is 0 Å². The van der Waals surface area contributed by atoms with Gasteiger partial charge in [-0.25, -0.2) is 9.97 Å². The summed E-state index contributed by atoms with van der Waals surface area (Å²) >= 11 is 0. The van der Waals surface area contributed by atoms with E-state index in [1.54, 1.807) is 19.2 Å². The Morgan fingerprint density at radius 2 is 2.15 bits per heavy atom. The van der Waals surface area contributed by atoms with E-state index in [9.17, 15) is 4.79 Å². The molecule has 0 amide bonds. The molecule has 0 N–H and O–H groups in total. The van der Waals surface area contributed by atoms with Crippen LogP contribution in [0.2, 0.25) is 0 Å². The van der Waals surface area contributed by atoms with Gasteiger partial charge in [-0.05, 0) is 31.9 Å². The summed E-state index contributed by atoms with van der Waals surface area (Å²) in [6.07, 6.45) is 8.85. The van der Waals surface area contributed by atoms with Crippen LogP contribution in [0, 0.1) is 6.92 Å². The number of ketones is 1. The second-order valence-corrected chi connectivity index (χ2v) is 5.31. The first-order valence-electron chi connectivity index (χ1n) is 7.09. The fraction of sp³-hybridized carbons (Fsp3) is 0.467. The van der Waals surface area contributed by atoms with Crippen molar-refractivity contribution in [3.63, 3.8) is 0 Å². The van der Waals surface area contributed by atoms with Crippen LogP contribution in [-0.4, -0.2) is 25.5 Å². The summed E-state index contributed by atoms with van der Waals surface area (Å²) in [5.74, 6) is 0.611. The largest absolute Gasteiger partial charge is 0.292 e. The summed E-state index contributed by atoms with van der Waals surface area (Å²) in [5, 5.41) is 4.53. The Kier molecular flexibility index (Phi) is 3.58. The van der Waals surface area contributed by atoms with Crippen LogP contribution in [0.5, 0.6) is 0 Å². The highest BCUT2D eigenvalue weighted by Gasteiger charge is 2.18. The Morgan fingerprint density at radius 1 is 1.35 bits per heavy atom. The van der Waals surface area contributed by atoms with Gasteiger partial charge >= 0.3 is 0 Å². The first-order valence-corrected chi connectivity index (χ1v) is 7.09. The number of carbonyl (C=O) groups excluding carboxylic acids is 1. The predicted octanol–water partition coefficient (Wildman–Crippen LogP) is 2.52. The van der Waals surface area contributed by atoms with Crippen LogP contribution in [0.25, 0.3) is 0 Å². The van der Waals surface area contributed by atoms with Crippen LogP contribution < -0.4 is 0 Å². The van der Waals surface area contributed by atoms with Gasteiger partial charge in [0.05, 0.1) is 18.2 Å². The van der Waals surface area contributed by atoms with Crippen LogP contribution in [0.4, 0.5) is 0 Å². The molecule has 5 nitrogen and oxygen atoms in total. The minimum atomic E-state index is -0.00725. The van der Waals surface area contributed by atoms with E-state index in [2.05, 4.69) is 15.1 Å². The van der Waals surface area contributed by atoms with Crippen molar-refractivity contribution in [1.82, 2.24) is 19.7 Å². The van der Waals surface area contributed by atoms with Crippen LogP contribution in [0.3, 0.4) is 0 Å². The van der Waals surface area contributed by atoms with Crippen molar-refractivity contribution in [3.05, 3.63) is 41.7 Å². The number of Topliss-reactive ketones (excluding diaryl/α,β-unsaturated/α-hetero) is 1. The monoisotopic (exact) mass is 270 g/mol. The second-order valence-electron chi connectivity index (χ2n) is 5.31. The first kappa shape index (κ1) is 13.0. The fourth-order valence-corrected chi connectivity index (χ4v) is 2.71. The fourth-order valence-electron chi connectivity index (χ4n) is 2.71. The molecule has 0 aliphatic heterocycles. The summed E-state index contributed by atoms with van der Waals surface area (Å²) in [6.45, 7) is 1.78. The third kappa shape index (κ3) is 2.76. The minimum Gasteiger partial charge on any atom is -0.292 e. The van der Waals surface area contributed by atoms with Crippen LogP contribution in [0.1, 0.15) is 53.7 Å². The Morgan fingerprint density at radius 3 is 2.90 bits per heavy atom. The van der Waals surface area contributed by atoms with Crippen molar-refractivity contribution in [3.8, 4) is 0 Å². The molecule has 3 rings (SSSR count). The van der Waals surface area contributed by atoms with E-state index in [0.29, 0.717) is 24.0 Å². The number of hydrogen-bond acceptors (Lipinski definition) is 4. The molecule has 2 heterocycles. The van der Waals surface area contributed by atoms with Crippen molar-refractivity contribution >= 4 is 5.78 Å². The molecule has 1 fully saturated rings. The smallest absolute Gasteiger partial charge is 0.187 e. The van der Waals surface area contributed by atoms with Gasteiger partial charge in [-0.2, -0.15) is 5.10 Å². The number of hydrogen-bond donors (Lipinski definition) is 0. The Bertz CT molecular complexity index is 614. The normalized spacial score (nSPS) is 15.7. The molecule has 0 unspecified atom stereocenters. The van der Waals surface area contributed by atoms with E-state index in [0.717, 1.165) is 5.69 Å². The topological polar surface area (TPSA) is 60.7 Å². The summed E-state index contributed by atoms with van der Waals surface area (Å²) < 4.78 is 2.01. The molecule has 0 aromatic carbocycles. The molecular formula is C15H18N4O. The summed E-state index contributed by atoms with van der Waals surface area (Å²) in [5.41, 5.74) is 1.28. The van der Waals surface area contributed by atoms with E-state index in [-0.39, 0.29) is 5.78 Å². The maximum atomic E-state index is 12.2. The lowest BCUT2D eigenvalue weighted by Gasteiger charge is -2.08. The Balaban J connectivity index is 1.70. The second kappa shape index (κ2) is 5.53. The number of aryl methyl sites for hydroxylation is 1. The number of aromatic nitrogens is 4. The molecule has 1 saturated carbocycles. The third-order valence-electron chi connectivity index (χ3n) is 3.77. The van der Waals surface area contributed by atoms with Gasteiger partial charge in [0, 0.05) is 12.4 Å². The molecule has 0 saturated heterocycles. The maximum Gasteiger partial charge on any atom is 0.187 e.